The number of nitrogens with zero attached hydrogens (tertiary/aromatic N) is 3. The Morgan fingerprint density at radius 1 is 1.30 bits per heavy atom. The molecule has 1 saturated heterocycles. The summed E-state index contributed by atoms with van der Waals surface area (Å²) < 4.78 is 1.78. The Balaban J connectivity index is 1.63. The molecule has 1 unspecified atom stereocenters. The fourth-order valence-corrected chi connectivity index (χ4v) is 4.20. The van der Waals surface area contributed by atoms with Gasteiger partial charge in [0.05, 0.1) is 17.0 Å². The summed E-state index contributed by atoms with van der Waals surface area (Å²) in [6, 6.07) is 6.23. The third kappa shape index (κ3) is 3.37. The molecule has 2 heterocycles. The lowest BCUT2D eigenvalue weighted by Crippen LogP contribution is -2.31. The Hall–Kier alpha value is -2.59. The van der Waals surface area contributed by atoms with E-state index in [9.17, 15) is 9.59 Å². The number of rotatable bonds is 6. The van der Waals surface area contributed by atoms with Crippen LogP contribution in [0.1, 0.15) is 37.3 Å². The van der Waals surface area contributed by atoms with Crippen molar-refractivity contribution in [2.24, 2.45) is 5.92 Å². The summed E-state index contributed by atoms with van der Waals surface area (Å²) in [6.45, 7) is 5.58. The van der Waals surface area contributed by atoms with Gasteiger partial charge in [0, 0.05) is 37.8 Å². The van der Waals surface area contributed by atoms with Crippen molar-refractivity contribution >= 4 is 16.6 Å². The lowest BCUT2D eigenvalue weighted by molar-refractivity contribution is 0.521. The van der Waals surface area contributed by atoms with Crippen LogP contribution in [0.25, 0.3) is 10.9 Å². The number of fused-ring (bicyclic) bond motifs is 1. The quantitative estimate of drug-likeness (QED) is 0.758. The monoisotopic (exact) mass is 367 g/mol. The molecule has 4 rings (SSSR count). The number of nitrogens with one attached hydrogen (secondary N) is 2. The minimum absolute atomic E-state index is 0.210. The summed E-state index contributed by atoms with van der Waals surface area (Å²) in [5.41, 5.74) is 2.32. The summed E-state index contributed by atoms with van der Waals surface area (Å²) in [5.74, 6) is 0.545. The number of hydrogen-bond acceptors (Lipinski definition) is 5. The van der Waals surface area contributed by atoms with Gasteiger partial charge in [0.2, 0.25) is 0 Å². The van der Waals surface area contributed by atoms with Crippen LogP contribution in [0, 0.1) is 24.2 Å². The fourth-order valence-electron chi connectivity index (χ4n) is 4.20. The number of aryl methyl sites for hydroxylation is 1. The molecule has 0 radical (unpaired) electrons. The normalized spacial score (nSPS) is 19.6. The molecule has 1 aliphatic heterocycles. The van der Waals surface area contributed by atoms with Crippen molar-refractivity contribution in [2.45, 2.75) is 38.6 Å². The zero-order valence-corrected chi connectivity index (χ0v) is 15.6. The number of hydrogen-bond donors (Lipinski definition) is 2. The van der Waals surface area contributed by atoms with Crippen LogP contribution in [-0.4, -0.2) is 35.7 Å². The summed E-state index contributed by atoms with van der Waals surface area (Å²) in [4.78, 5) is 29.5. The largest absolute Gasteiger partial charge is 0.371 e. The van der Waals surface area contributed by atoms with Crippen LogP contribution >= 0.6 is 0 Å². The zero-order valence-electron chi connectivity index (χ0n) is 15.6. The Morgan fingerprint density at radius 2 is 2.11 bits per heavy atom. The molecular formula is C20H25N5O2. The summed E-state index contributed by atoms with van der Waals surface area (Å²) in [6.07, 6.45) is 3.62. The average molecular weight is 367 g/mol. The highest BCUT2D eigenvalue weighted by Gasteiger charge is 2.29. The summed E-state index contributed by atoms with van der Waals surface area (Å²) in [5, 5.41) is 12.6. The molecule has 1 saturated carbocycles. The second-order valence-corrected chi connectivity index (χ2v) is 7.68. The van der Waals surface area contributed by atoms with Crippen molar-refractivity contribution in [2.75, 3.05) is 31.1 Å². The lowest BCUT2D eigenvalue weighted by Gasteiger charge is -2.23. The second kappa shape index (κ2) is 7.20. The molecule has 1 aliphatic carbocycles. The van der Waals surface area contributed by atoms with E-state index in [1.165, 1.54) is 0 Å². The van der Waals surface area contributed by atoms with Crippen molar-refractivity contribution in [1.82, 2.24) is 14.9 Å². The maximum Gasteiger partial charge on any atom is 0.329 e. The number of aromatic nitrogens is 2. The third-order valence-corrected chi connectivity index (χ3v) is 5.71. The third-order valence-electron chi connectivity index (χ3n) is 5.71. The van der Waals surface area contributed by atoms with Gasteiger partial charge in [0.1, 0.15) is 0 Å². The van der Waals surface area contributed by atoms with Crippen molar-refractivity contribution in [3.05, 3.63) is 38.5 Å². The molecule has 2 fully saturated rings. The van der Waals surface area contributed by atoms with Gasteiger partial charge in [0.25, 0.3) is 5.56 Å². The Bertz CT molecular complexity index is 1010. The molecule has 1 aromatic heterocycles. The van der Waals surface area contributed by atoms with Crippen LogP contribution < -0.4 is 21.5 Å². The first-order chi connectivity index (χ1) is 13.1. The van der Waals surface area contributed by atoms with Gasteiger partial charge in [-0.3, -0.25) is 14.3 Å². The van der Waals surface area contributed by atoms with Gasteiger partial charge in [-0.15, -0.1) is 0 Å². The molecule has 7 heteroatoms. The second-order valence-electron chi connectivity index (χ2n) is 7.68. The average Bonchev–Trinajstić information content (AvgIpc) is 3.37. The Morgan fingerprint density at radius 3 is 2.85 bits per heavy atom. The SMILES string of the molecule is Cc1c(N2CCC(CNCCC#N)C2)ccc2c(=O)[nH]c(=O)n(C3CC3)c12. The van der Waals surface area contributed by atoms with E-state index in [0.29, 0.717) is 17.7 Å². The van der Waals surface area contributed by atoms with E-state index in [0.717, 1.165) is 62.2 Å². The van der Waals surface area contributed by atoms with Crippen molar-refractivity contribution in [3.8, 4) is 6.07 Å². The maximum absolute atomic E-state index is 12.4. The molecule has 142 valence electrons. The van der Waals surface area contributed by atoms with E-state index >= 15 is 0 Å². The van der Waals surface area contributed by atoms with Crippen molar-refractivity contribution in [1.29, 1.82) is 5.26 Å². The molecule has 2 aliphatic rings. The van der Waals surface area contributed by atoms with Gasteiger partial charge in [-0.2, -0.15) is 5.26 Å². The number of anilines is 1. The molecule has 2 aromatic rings. The molecule has 1 aromatic carbocycles. The van der Waals surface area contributed by atoms with Gasteiger partial charge in [-0.05, 0) is 56.3 Å². The first kappa shape index (κ1) is 17.8. The highest BCUT2D eigenvalue weighted by Crippen LogP contribution is 2.38. The zero-order chi connectivity index (χ0) is 19.0. The Labute approximate surface area is 157 Å². The van der Waals surface area contributed by atoms with E-state index in [4.69, 9.17) is 5.26 Å². The number of nitriles is 1. The van der Waals surface area contributed by atoms with Gasteiger partial charge in [-0.25, -0.2) is 4.79 Å². The summed E-state index contributed by atoms with van der Waals surface area (Å²) in [7, 11) is 0. The van der Waals surface area contributed by atoms with E-state index in [1.807, 2.05) is 19.1 Å². The first-order valence-corrected chi connectivity index (χ1v) is 9.71. The van der Waals surface area contributed by atoms with E-state index in [2.05, 4.69) is 21.3 Å². The fraction of sp³-hybridized carbons (Fsp3) is 0.550. The summed E-state index contributed by atoms with van der Waals surface area (Å²) >= 11 is 0. The smallest absolute Gasteiger partial charge is 0.329 e. The topological polar surface area (TPSA) is 93.9 Å². The minimum Gasteiger partial charge on any atom is -0.371 e. The van der Waals surface area contributed by atoms with Gasteiger partial charge >= 0.3 is 5.69 Å². The highest BCUT2D eigenvalue weighted by molar-refractivity contribution is 5.86. The van der Waals surface area contributed by atoms with Crippen LogP contribution in [0.2, 0.25) is 0 Å². The predicted molar refractivity (Wildman–Crippen MR) is 105 cm³/mol. The van der Waals surface area contributed by atoms with Gasteiger partial charge in [0.15, 0.2) is 0 Å². The van der Waals surface area contributed by atoms with E-state index in [-0.39, 0.29) is 17.3 Å². The highest BCUT2D eigenvalue weighted by atomic mass is 16.2. The number of benzene rings is 1. The predicted octanol–water partition coefficient (Wildman–Crippen LogP) is 1.66. The van der Waals surface area contributed by atoms with Crippen LogP contribution in [-0.2, 0) is 0 Å². The number of H-pyrrole nitrogens is 1. The van der Waals surface area contributed by atoms with Gasteiger partial charge < -0.3 is 10.2 Å². The molecule has 0 amide bonds. The standard InChI is InChI=1S/C20H25N5O2/c1-13-17(24-10-7-14(12-24)11-22-9-2-8-21)6-5-16-18(13)25(15-3-4-15)20(27)23-19(16)26/h5-6,14-15,22H,2-4,7,9-12H2,1H3,(H,23,26,27). The number of aromatic amines is 1. The molecule has 0 spiro atoms. The molecule has 27 heavy (non-hydrogen) atoms. The maximum atomic E-state index is 12.4. The minimum atomic E-state index is -0.303. The van der Waals surface area contributed by atoms with Crippen molar-refractivity contribution < 1.29 is 0 Å². The molecule has 2 N–H and O–H groups in total. The van der Waals surface area contributed by atoms with Crippen LogP contribution in [0.4, 0.5) is 5.69 Å². The Kier molecular flexibility index (Phi) is 4.75. The van der Waals surface area contributed by atoms with E-state index < -0.39 is 0 Å². The molecule has 1 atom stereocenters. The van der Waals surface area contributed by atoms with Crippen LogP contribution in [0.5, 0.6) is 0 Å². The molecule has 0 bridgehead atoms. The van der Waals surface area contributed by atoms with Crippen molar-refractivity contribution in [3.63, 3.8) is 0 Å². The van der Waals surface area contributed by atoms with Gasteiger partial charge in [-0.1, -0.05) is 0 Å². The lowest BCUT2D eigenvalue weighted by atomic mass is 10.1. The van der Waals surface area contributed by atoms with E-state index in [1.54, 1.807) is 4.57 Å². The van der Waals surface area contributed by atoms with Crippen LogP contribution in [0.15, 0.2) is 21.7 Å². The first-order valence-electron chi connectivity index (χ1n) is 9.71. The molecule has 7 nitrogen and oxygen atoms in total. The van der Waals surface area contributed by atoms with Crippen LogP contribution in [0.3, 0.4) is 0 Å². The molecular weight excluding hydrogens is 342 g/mol.